The van der Waals surface area contributed by atoms with Crippen LogP contribution in [0.3, 0.4) is 0 Å². The number of carboxylic acids is 1. The van der Waals surface area contributed by atoms with Gasteiger partial charge in [0.25, 0.3) is 0 Å². The summed E-state index contributed by atoms with van der Waals surface area (Å²) < 4.78 is 15.6. The number of benzene rings is 1. The van der Waals surface area contributed by atoms with Crippen molar-refractivity contribution in [3.05, 3.63) is 77.5 Å². The molecule has 5 aromatic rings. The third kappa shape index (κ3) is 5.34. The van der Waals surface area contributed by atoms with E-state index in [1.165, 1.54) is 24.1 Å². The minimum Gasteiger partial charge on any atom is -0.493 e. The molecule has 10 heteroatoms. The van der Waals surface area contributed by atoms with Crippen LogP contribution in [0.4, 0.5) is 0 Å². The molecule has 2 atom stereocenters. The Hall–Kier alpha value is -4.31. The van der Waals surface area contributed by atoms with Crippen LogP contribution in [0.2, 0.25) is 0 Å². The average molecular weight is 567 g/mol. The number of rotatable bonds is 9. The summed E-state index contributed by atoms with van der Waals surface area (Å²) >= 11 is 0. The van der Waals surface area contributed by atoms with Crippen molar-refractivity contribution in [3.8, 4) is 5.75 Å². The van der Waals surface area contributed by atoms with Gasteiger partial charge in [-0.3, -0.25) is 14.5 Å². The van der Waals surface area contributed by atoms with Gasteiger partial charge in [0.2, 0.25) is 0 Å². The number of pyridine rings is 2. The summed E-state index contributed by atoms with van der Waals surface area (Å²) in [7, 11) is 0. The average Bonchev–Trinajstić information content (AvgIpc) is 3.64. The molecule has 1 saturated heterocycles. The number of fused-ring (bicyclic) bond motifs is 3. The number of hydrogen-bond acceptors (Lipinski definition) is 7. The maximum absolute atomic E-state index is 11.9. The van der Waals surface area contributed by atoms with Crippen molar-refractivity contribution in [1.29, 1.82) is 0 Å². The SMILES string of the molecule is O=C(O)CC(c1cnc2c(cnn2C2CCCCO2)c1)n1ncc2cc(OCCc3ccc4c(n3)CCCC4)ccc21. The summed E-state index contributed by atoms with van der Waals surface area (Å²) in [5.74, 6) is -0.166. The van der Waals surface area contributed by atoms with Gasteiger partial charge in [0.15, 0.2) is 11.9 Å². The van der Waals surface area contributed by atoms with Crippen molar-refractivity contribution in [3.63, 3.8) is 0 Å². The first-order valence-electron chi connectivity index (χ1n) is 14.9. The number of aryl methyl sites for hydroxylation is 2. The standard InChI is InChI=1S/C32H34N6O4/c39-31(40)17-29(22-15-24-20-35-38(32(24)33-18-22)30-7-3-4-13-42-30)37-28-11-10-26(16-23(28)19-34-37)41-14-12-25-9-8-21-5-1-2-6-27(21)36-25/h8-11,15-16,18-20,29-30H,1-7,12-14,17H2,(H,39,40). The number of carbonyl (C=O) groups is 1. The van der Waals surface area contributed by atoms with Gasteiger partial charge in [-0.2, -0.15) is 10.2 Å². The fraction of sp³-hybridized carbons (Fsp3) is 0.406. The van der Waals surface area contributed by atoms with Gasteiger partial charge < -0.3 is 14.6 Å². The molecule has 2 aliphatic rings. The summed E-state index contributed by atoms with van der Waals surface area (Å²) in [6, 6.07) is 11.6. The molecule has 0 spiro atoms. The molecule has 7 rings (SSSR count). The first-order valence-corrected chi connectivity index (χ1v) is 14.9. The molecule has 4 aromatic heterocycles. The van der Waals surface area contributed by atoms with Crippen molar-refractivity contribution in [1.82, 2.24) is 29.5 Å². The highest BCUT2D eigenvalue weighted by Gasteiger charge is 2.24. The molecule has 5 heterocycles. The zero-order chi connectivity index (χ0) is 28.5. The van der Waals surface area contributed by atoms with E-state index in [1.807, 2.05) is 28.9 Å². The van der Waals surface area contributed by atoms with Gasteiger partial charge in [0.05, 0.1) is 37.0 Å². The van der Waals surface area contributed by atoms with Gasteiger partial charge in [0, 0.05) is 41.4 Å². The van der Waals surface area contributed by atoms with E-state index < -0.39 is 12.0 Å². The van der Waals surface area contributed by atoms with Crippen molar-refractivity contribution < 1.29 is 19.4 Å². The molecule has 2 unspecified atom stereocenters. The minimum absolute atomic E-state index is 0.120. The van der Waals surface area contributed by atoms with Gasteiger partial charge >= 0.3 is 5.97 Å². The Balaban J connectivity index is 1.10. The van der Waals surface area contributed by atoms with Gasteiger partial charge in [-0.25, -0.2) is 9.67 Å². The Bertz CT molecular complexity index is 1740. The van der Waals surface area contributed by atoms with Crippen LogP contribution in [-0.2, 0) is 28.8 Å². The first kappa shape index (κ1) is 26.6. The summed E-state index contributed by atoms with van der Waals surface area (Å²) in [5.41, 5.74) is 6.01. The smallest absolute Gasteiger partial charge is 0.305 e. The summed E-state index contributed by atoms with van der Waals surface area (Å²) in [5, 5.41) is 20.7. The predicted octanol–water partition coefficient (Wildman–Crippen LogP) is 5.44. The van der Waals surface area contributed by atoms with E-state index in [0.29, 0.717) is 6.61 Å². The topological polar surface area (TPSA) is 117 Å². The molecular formula is C32H34N6O4. The lowest BCUT2D eigenvalue weighted by Gasteiger charge is -2.23. The number of hydrogen-bond donors (Lipinski definition) is 1. The second-order valence-electron chi connectivity index (χ2n) is 11.2. The molecule has 1 fully saturated rings. The minimum atomic E-state index is -0.911. The number of aliphatic carboxylic acids is 1. The quantitative estimate of drug-likeness (QED) is 0.251. The summed E-state index contributed by atoms with van der Waals surface area (Å²) in [6.07, 6.45) is 13.5. The second kappa shape index (κ2) is 11.5. The Labute approximate surface area is 243 Å². The number of ether oxygens (including phenoxy) is 2. The largest absolute Gasteiger partial charge is 0.493 e. The van der Waals surface area contributed by atoms with E-state index in [2.05, 4.69) is 22.3 Å². The maximum atomic E-state index is 11.9. The maximum Gasteiger partial charge on any atom is 0.305 e. The highest BCUT2D eigenvalue weighted by Crippen LogP contribution is 2.31. The van der Waals surface area contributed by atoms with Crippen molar-refractivity contribution in [2.45, 2.75) is 70.1 Å². The third-order valence-corrected chi connectivity index (χ3v) is 8.36. The lowest BCUT2D eigenvalue weighted by atomic mass is 9.96. The Kier molecular flexibility index (Phi) is 7.29. The molecule has 1 aromatic carbocycles. The Morgan fingerprint density at radius 3 is 2.81 bits per heavy atom. The monoisotopic (exact) mass is 566 g/mol. The highest BCUT2D eigenvalue weighted by molar-refractivity contribution is 5.81. The van der Waals surface area contributed by atoms with Crippen LogP contribution in [0, 0.1) is 0 Å². The van der Waals surface area contributed by atoms with Crippen molar-refractivity contribution in [2.75, 3.05) is 13.2 Å². The molecule has 1 aliphatic carbocycles. The lowest BCUT2D eigenvalue weighted by Crippen LogP contribution is -2.19. The molecule has 1 aliphatic heterocycles. The normalized spacial score (nSPS) is 17.8. The van der Waals surface area contributed by atoms with E-state index in [4.69, 9.17) is 19.4 Å². The summed E-state index contributed by atoms with van der Waals surface area (Å²) in [6.45, 7) is 1.24. The van der Waals surface area contributed by atoms with Crippen LogP contribution in [0.1, 0.15) is 73.3 Å². The molecule has 0 bridgehead atoms. The predicted molar refractivity (Wildman–Crippen MR) is 157 cm³/mol. The van der Waals surface area contributed by atoms with Gasteiger partial charge in [-0.05, 0) is 86.4 Å². The van der Waals surface area contributed by atoms with Gasteiger partial charge in [-0.1, -0.05) is 6.07 Å². The van der Waals surface area contributed by atoms with Crippen LogP contribution in [0.5, 0.6) is 5.75 Å². The van der Waals surface area contributed by atoms with E-state index in [0.717, 1.165) is 84.1 Å². The van der Waals surface area contributed by atoms with Crippen LogP contribution in [0.25, 0.3) is 21.9 Å². The third-order valence-electron chi connectivity index (χ3n) is 8.36. The van der Waals surface area contributed by atoms with E-state index in [9.17, 15) is 9.90 Å². The van der Waals surface area contributed by atoms with Crippen LogP contribution in [0.15, 0.2) is 55.0 Å². The molecule has 1 N–H and O–H groups in total. The van der Waals surface area contributed by atoms with Gasteiger partial charge in [-0.15, -0.1) is 0 Å². The lowest BCUT2D eigenvalue weighted by molar-refractivity contribution is -0.137. The van der Waals surface area contributed by atoms with E-state index >= 15 is 0 Å². The fourth-order valence-corrected chi connectivity index (χ4v) is 6.19. The molecule has 10 nitrogen and oxygen atoms in total. The van der Waals surface area contributed by atoms with Crippen molar-refractivity contribution in [2.24, 2.45) is 0 Å². The number of nitrogens with zero attached hydrogens (tertiary/aromatic N) is 6. The van der Waals surface area contributed by atoms with Gasteiger partial charge in [0.1, 0.15) is 5.75 Å². The number of carboxylic acid groups (broad SMARTS) is 1. The molecule has 0 saturated carbocycles. The number of aromatic nitrogens is 6. The molecule has 216 valence electrons. The zero-order valence-electron chi connectivity index (χ0n) is 23.5. The highest BCUT2D eigenvalue weighted by atomic mass is 16.5. The Morgan fingerprint density at radius 1 is 1.02 bits per heavy atom. The molecule has 0 amide bonds. The zero-order valence-corrected chi connectivity index (χ0v) is 23.5. The molecule has 0 radical (unpaired) electrons. The fourth-order valence-electron chi connectivity index (χ4n) is 6.19. The van der Waals surface area contributed by atoms with Crippen LogP contribution < -0.4 is 4.74 Å². The van der Waals surface area contributed by atoms with Crippen LogP contribution in [-0.4, -0.2) is 53.8 Å². The van der Waals surface area contributed by atoms with Crippen LogP contribution >= 0.6 is 0 Å². The molecule has 42 heavy (non-hydrogen) atoms. The van der Waals surface area contributed by atoms with Crippen molar-refractivity contribution >= 4 is 27.9 Å². The van der Waals surface area contributed by atoms with E-state index in [1.54, 1.807) is 23.3 Å². The molecular weight excluding hydrogens is 532 g/mol. The second-order valence-corrected chi connectivity index (χ2v) is 11.2. The van der Waals surface area contributed by atoms with E-state index in [-0.39, 0.29) is 12.6 Å². The first-order chi connectivity index (χ1) is 20.6. The summed E-state index contributed by atoms with van der Waals surface area (Å²) in [4.78, 5) is 21.5. The Morgan fingerprint density at radius 2 is 1.93 bits per heavy atom.